The Kier molecular flexibility index (Phi) is 6.41. The van der Waals surface area contributed by atoms with E-state index in [9.17, 15) is 13.2 Å². The predicted molar refractivity (Wildman–Crippen MR) is 89.7 cm³/mol. The van der Waals surface area contributed by atoms with E-state index in [1.165, 1.54) is 4.57 Å². The second kappa shape index (κ2) is 7.92. The Bertz CT molecular complexity index is 679. The summed E-state index contributed by atoms with van der Waals surface area (Å²) in [6.45, 7) is 0.416. The molecular formula is C14H13BrClF3N2OS. The first-order valence-corrected chi connectivity index (χ1v) is 9.06. The summed E-state index contributed by atoms with van der Waals surface area (Å²) in [5.74, 6) is 0.883. The summed E-state index contributed by atoms with van der Waals surface area (Å²) in [4.78, 5) is 3.69. The second-order valence-corrected chi connectivity index (χ2v) is 6.88. The fourth-order valence-electron chi connectivity index (χ4n) is 1.84. The van der Waals surface area contributed by atoms with Gasteiger partial charge in [-0.2, -0.15) is 24.9 Å². The van der Waals surface area contributed by atoms with Gasteiger partial charge in [-0.3, -0.25) is 0 Å². The van der Waals surface area contributed by atoms with Gasteiger partial charge in [0.25, 0.3) is 0 Å². The molecule has 0 bridgehead atoms. The van der Waals surface area contributed by atoms with Gasteiger partial charge in [0.05, 0.1) is 11.6 Å². The third kappa shape index (κ3) is 4.89. The summed E-state index contributed by atoms with van der Waals surface area (Å²) in [7, 11) is 0. The van der Waals surface area contributed by atoms with E-state index in [-0.39, 0.29) is 12.6 Å². The molecule has 0 N–H and O–H groups in total. The lowest BCUT2D eigenvalue weighted by Gasteiger charge is -2.09. The molecular weight excluding hydrogens is 417 g/mol. The van der Waals surface area contributed by atoms with E-state index in [2.05, 4.69) is 20.9 Å². The number of rotatable bonds is 6. The van der Waals surface area contributed by atoms with Crippen LogP contribution in [0, 0.1) is 0 Å². The maximum atomic E-state index is 12.9. The van der Waals surface area contributed by atoms with Crippen LogP contribution < -0.4 is 0 Å². The van der Waals surface area contributed by atoms with E-state index in [0.717, 1.165) is 16.4 Å². The van der Waals surface area contributed by atoms with Crippen molar-refractivity contribution in [3.8, 4) is 11.4 Å². The lowest BCUT2D eigenvalue weighted by molar-refractivity contribution is -0.141. The maximum Gasteiger partial charge on any atom is 0.434 e. The van der Waals surface area contributed by atoms with Gasteiger partial charge < -0.3 is 9.30 Å². The molecule has 1 heterocycles. The number of hydrogen-bond acceptors (Lipinski definition) is 3. The number of ether oxygens (including phenoxy) is 1. The molecule has 0 fully saturated rings. The van der Waals surface area contributed by atoms with Crippen molar-refractivity contribution >= 4 is 39.3 Å². The third-order valence-corrected chi connectivity index (χ3v) is 4.28. The fraction of sp³-hybridized carbons (Fsp3) is 0.357. The Hall–Kier alpha value is -0.700. The number of thioether (sulfide) groups is 1. The van der Waals surface area contributed by atoms with Gasteiger partial charge in [0, 0.05) is 22.0 Å². The van der Waals surface area contributed by atoms with E-state index in [4.69, 9.17) is 16.3 Å². The lowest BCUT2D eigenvalue weighted by Crippen LogP contribution is -2.06. The first kappa shape index (κ1) is 18.6. The van der Waals surface area contributed by atoms with Crippen LogP contribution in [0.1, 0.15) is 5.69 Å². The van der Waals surface area contributed by atoms with Gasteiger partial charge in [-0.15, -0.1) is 0 Å². The average Bonchev–Trinajstić information content (AvgIpc) is 2.88. The van der Waals surface area contributed by atoms with Crippen molar-refractivity contribution < 1.29 is 17.9 Å². The topological polar surface area (TPSA) is 27.1 Å². The summed E-state index contributed by atoms with van der Waals surface area (Å²) in [5, 5.41) is 0.309. The summed E-state index contributed by atoms with van der Waals surface area (Å²) in [6, 6.07) is 4.92. The fourth-order valence-corrected chi connectivity index (χ4v) is 2.88. The molecule has 2 aromatic rings. The van der Waals surface area contributed by atoms with Crippen LogP contribution in [0.5, 0.6) is 0 Å². The first-order chi connectivity index (χ1) is 10.8. The Morgan fingerprint density at radius 1 is 1.39 bits per heavy atom. The van der Waals surface area contributed by atoms with Gasteiger partial charge in [0.15, 0.2) is 5.69 Å². The molecule has 23 heavy (non-hydrogen) atoms. The summed E-state index contributed by atoms with van der Waals surface area (Å²) < 4.78 is 46.3. The largest absolute Gasteiger partial charge is 0.434 e. The van der Waals surface area contributed by atoms with E-state index < -0.39 is 11.9 Å². The van der Waals surface area contributed by atoms with Crippen LogP contribution in [0.4, 0.5) is 13.2 Å². The van der Waals surface area contributed by atoms with Crippen molar-refractivity contribution in [2.24, 2.45) is 0 Å². The van der Waals surface area contributed by atoms with E-state index in [0.29, 0.717) is 17.2 Å². The molecule has 2 rings (SSSR count). The molecule has 1 aromatic carbocycles. The second-order valence-electron chi connectivity index (χ2n) is 4.57. The van der Waals surface area contributed by atoms with Crippen LogP contribution in [0.2, 0.25) is 5.02 Å². The van der Waals surface area contributed by atoms with Crippen LogP contribution in [0.3, 0.4) is 0 Å². The molecule has 0 saturated carbocycles. The minimum absolute atomic E-state index is 0.0225. The third-order valence-electron chi connectivity index (χ3n) is 2.90. The molecule has 0 amide bonds. The van der Waals surface area contributed by atoms with Gasteiger partial charge >= 0.3 is 6.18 Å². The molecule has 9 heteroatoms. The first-order valence-electron chi connectivity index (χ1n) is 6.49. The van der Waals surface area contributed by atoms with Gasteiger partial charge in [0.1, 0.15) is 12.6 Å². The average molecular weight is 430 g/mol. The molecule has 1 aromatic heterocycles. The quantitative estimate of drug-likeness (QED) is 0.581. The Labute approximate surface area is 149 Å². The number of imidazole rings is 1. The molecule has 0 aliphatic heterocycles. The molecule has 0 radical (unpaired) electrons. The molecule has 0 aliphatic carbocycles. The van der Waals surface area contributed by atoms with Gasteiger partial charge in [-0.05, 0) is 24.5 Å². The number of nitrogens with zero attached hydrogens (tertiary/aromatic N) is 2. The normalized spacial score (nSPS) is 11.9. The number of benzene rings is 1. The Morgan fingerprint density at radius 2 is 2.13 bits per heavy atom. The highest BCUT2D eigenvalue weighted by molar-refractivity contribution is 9.10. The molecule has 0 spiro atoms. The van der Waals surface area contributed by atoms with Crippen LogP contribution in [0.15, 0.2) is 28.9 Å². The van der Waals surface area contributed by atoms with Crippen LogP contribution in [-0.2, 0) is 17.6 Å². The van der Waals surface area contributed by atoms with Crippen LogP contribution in [0.25, 0.3) is 11.4 Å². The van der Waals surface area contributed by atoms with Gasteiger partial charge in [-0.25, -0.2) is 4.98 Å². The van der Waals surface area contributed by atoms with Crippen molar-refractivity contribution in [1.29, 1.82) is 0 Å². The highest BCUT2D eigenvalue weighted by atomic mass is 79.9. The Morgan fingerprint density at radius 3 is 2.74 bits per heavy atom. The molecule has 3 nitrogen and oxygen atoms in total. The number of halogens is 5. The van der Waals surface area contributed by atoms with Gasteiger partial charge in [-0.1, -0.05) is 27.5 Å². The predicted octanol–water partition coefficient (Wildman–Crippen LogP) is 5.32. The standard InChI is InChI=1S/C14H13BrClF3N2OS/c1-23-5-4-22-8-21-7-12(14(17,18)19)20-13(21)10-3-2-9(15)6-11(10)16/h2-3,6-7H,4-5,8H2,1H3. The lowest BCUT2D eigenvalue weighted by atomic mass is 10.2. The van der Waals surface area contributed by atoms with Crippen LogP contribution >= 0.6 is 39.3 Å². The molecule has 0 saturated heterocycles. The highest BCUT2D eigenvalue weighted by Crippen LogP contribution is 2.34. The zero-order valence-electron chi connectivity index (χ0n) is 12.0. The summed E-state index contributed by atoms with van der Waals surface area (Å²) in [6.07, 6.45) is -1.66. The Balaban J connectivity index is 2.37. The van der Waals surface area contributed by atoms with Crippen molar-refractivity contribution in [3.63, 3.8) is 0 Å². The van der Waals surface area contributed by atoms with E-state index in [1.807, 2.05) is 6.26 Å². The monoisotopic (exact) mass is 428 g/mol. The van der Waals surface area contributed by atoms with E-state index in [1.54, 1.807) is 30.0 Å². The SMILES string of the molecule is CSCCOCn1cc(C(F)(F)F)nc1-c1ccc(Br)cc1Cl. The van der Waals surface area contributed by atoms with Crippen molar-refractivity contribution in [2.45, 2.75) is 12.9 Å². The van der Waals surface area contributed by atoms with Crippen molar-refractivity contribution in [1.82, 2.24) is 9.55 Å². The van der Waals surface area contributed by atoms with Gasteiger partial charge in [0.2, 0.25) is 0 Å². The highest BCUT2D eigenvalue weighted by Gasteiger charge is 2.35. The zero-order chi connectivity index (χ0) is 17.0. The number of hydrogen-bond donors (Lipinski definition) is 0. The summed E-state index contributed by atoms with van der Waals surface area (Å²) >= 11 is 11.0. The smallest absolute Gasteiger partial charge is 0.360 e. The molecule has 0 atom stereocenters. The van der Waals surface area contributed by atoms with Crippen LogP contribution in [-0.4, -0.2) is 28.2 Å². The number of alkyl halides is 3. The molecule has 126 valence electrons. The van der Waals surface area contributed by atoms with E-state index >= 15 is 0 Å². The molecule has 0 unspecified atom stereocenters. The maximum absolute atomic E-state index is 12.9. The molecule has 0 aliphatic rings. The minimum atomic E-state index is -4.53. The minimum Gasteiger partial charge on any atom is -0.360 e. The summed E-state index contributed by atoms with van der Waals surface area (Å²) in [5.41, 5.74) is -0.557. The zero-order valence-corrected chi connectivity index (χ0v) is 15.2. The van der Waals surface area contributed by atoms with Crippen molar-refractivity contribution in [3.05, 3.63) is 39.6 Å². The number of aromatic nitrogens is 2. The van der Waals surface area contributed by atoms with Crippen molar-refractivity contribution in [2.75, 3.05) is 18.6 Å².